The fourth-order valence-electron chi connectivity index (χ4n) is 1.67. The van der Waals surface area contributed by atoms with E-state index in [0.29, 0.717) is 11.3 Å². The second kappa shape index (κ2) is 6.38. The van der Waals surface area contributed by atoms with Gasteiger partial charge in [0, 0.05) is 5.56 Å². The SMILES string of the molecule is NC(=O)c1ccccc1OCNC(=O)c1ccccc1. The quantitative estimate of drug-likeness (QED) is 0.809. The summed E-state index contributed by atoms with van der Waals surface area (Å²) in [4.78, 5) is 23.0. The van der Waals surface area contributed by atoms with E-state index in [0.717, 1.165) is 0 Å². The van der Waals surface area contributed by atoms with Gasteiger partial charge in [0.25, 0.3) is 11.8 Å². The predicted octanol–water partition coefficient (Wildman–Crippen LogP) is 1.55. The Morgan fingerprint density at radius 2 is 1.65 bits per heavy atom. The molecule has 0 aromatic heterocycles. The topological polar surface area (TPSA) is 81.4 Å². The molecule has 3 N–H and O–H groups in total. The van der Waals surface area contributed by atoms with Gasteiger partial charge in [-0.2, -0.15) is 0 Å². The molecule has 5 nitrogen and oxygen atoms in total. The van der Waals surface area contributed by atoms with Crippen molar-refractivity contribution in [3.05, 3.63) is 65.7 Å². The molecule has 0 aliphatic heterocycles. The third-order valence-corrected chi connectivity index (χ3v) is 2.65. The lowest BCUT2D eigenvalue weighted by Crippen LogP contribution is -2.28. The van der Waals surface area contributed by atoms with E-state index in [1.54, 1.807) is 48.5 Å². The fraction of sp³-hybridized carbons (Fsp3) is 0.0667. The van der Waals surface area contributed by atoms with Gasteiger partial charge in [-0.15, -0.1) is 0 Å². The number of amides is 2. The molecule has 2 amide bonds. The average molecular weight is 270 g/mol. The number of nitrogens with one attached hydrogen (secondary N) is 1. The maximum atomic E-state index is 11.8. The van der Waals surface area contributed by atoms with Crippen LogP contribution >= 0.6 is 0 Å². The van der Waals surface area contributed by atoms with Crippen molar-refractivity contribution >= 4 is 11.8 Å². The van der Waals surface area contributed by atoms with Gasteiger partial charge in [0.05, 0.1) is 5.56 Å². The second-order valence-corrected chi connectivity index (χ2v) is 4.02. The van der Waals surface area contributed by atoms with Crippen molar-refractivity contribution in [3.8, 4) is 5.75 Å². The number of ether oxygens (including phenoxy) is 1. The number of carbonyl (C=O) groups is 2. The van der Waals surface area contributed by atoms with E-state index in [4.69, 9.17) is 10.5 Å². The Labute approximate surface area is 116 Å². The largest absolute Gasteiger partial charge is 0.472 e. The summed E-state index contributed by atoms with van der Waals surface area (Å²) in [5, 5.41) is 2.60. The Balaban J connectivity index is 1.94. The minimum Gasteiger partial charge on any atom is -0.472 e. The van der Waals surface area contributed by atoms with Crippen LogP contribution in [-0.2, 0) is 0 Å². The molecule has 20 heavy (non-hydrogen) atoms. The van der Waals surface area contributed by atoms with Crippen LogP contribution in [0.2, 0.25) is 0 Å². The Morgan fingerprint density at radius 1 is 1.00 bits per heavy atom. The minimum atomic E-state index is -0.574. The number of rotatable bonds is 5. The monoisotopic (exact) mass is 270 g/mol. The number of hydrogen-bond donors (Lipinski definition) is 2. The summed E-state index contributed by atoms with van der Waals surface area (Å²) < 4.78 is 5.36. The Bertz CT molecular complexity index is 612. The van der Waals surface area contributed by atoms with Gasteiger partial charge in [-0.25, -0.2) is 0 Å². The molecule has 5 heteroatoms. The van der Waals surface area contributed by atoms with E-state index >= 15 is 0 Å². The molecule has 0 saturated heterocycles. The van der Waals surface area contributed by atoms with Gasteiger partial charge in [0.1, 0.15) is 5.75 Å². The lowest BCUT2D eigenvalue weighted by atomic mass is 10.2. The summed E-state index contributed by atoms with van der Waals surface area (Å²) in [5.41, 5.74) is 6.05. The van der Waals surface area contributed by atoms with Crippen LogP contribution in [0.1, 0.15) is 20.7 Å². The van der Waals surface area contributed by atoms with Crippen LogP contribution in [0.25, 0.3) is 0 Å². The summed E-state index contributed by atoms with van der Waals surface area (Å²) in [7, 11) is 0. The van der Waals surface area contributed by atoms with Crippen molar-refractivity contribution in [1.29, 1.82) is 0 Å². The highest BCUT2D eigenvalue weighted by atomic mass is 16.5. The number of hydrogen-bond acceptors (Lipinski definition) is 3. The summed E-state index contributed by atoms with van der Waals surface area (Å²) >= 11 is 0. The summed E-state index contributed by atoms with van der Waals surface area (Å²) in [6, 6.07) is 15.4. The smallest absolute Gasteiger partial charge is 0.253 e. The summed E-state index contributed by atoms with van der Waals surface area (Å²) in [5.74, 6) is -0.481. The van der Waals surface area contributed by atoms with E-state index < -0.39 is 5.91 Å². The maximum Gasteiger partial charge on any atom is 0.253 e. The highest BCUT2D eigenvalue weighted by molar-refractivity contribution is 5.95. The molecule has 2 rings (SSSR count). The number of carbonyl (C=O) groups excluding carboxylic acids is 2. The van der Waals surface area contributed by atoms with Gasteiger partial charge in [0.2, 0.25) is 0 Å². The van der Waals surface area contributed by atoms with Crippen LogP contribution < -0.4 is 15.8 Å². The third-order valence-electron chi connectivity index (χ3n) is 2.65. The van der Waals surface area contributed by atoms with Crippen molar-refractivity contribution in [1.82, 2.24) is 5.32 Å². The van der Waals surface area contributed by atoms with E-state index in [-0.39, 0.29) is 18.2 Å². The second-order valence-electron chi connectivity index (χ2n) is 4.02. The number of primary amides is 1. The average Bonchev–Trinajstić information content (AvgIpc) is 2.48. The van der Waals surface area contributed by atoms with Crippen molar-refractivity contribution in [3.63, 3.8) is 0 Å². The molecule has 2 aromatic carbocycles. The van der Waals surface area contributed by atoms with E-state index in [9.17, 15) is 9.59 Å². The van der Waals surface area contributed by atoms with E-state index in [1.807, 2.05) is 6.07 Å². The first-order chi connectivity index (χ1) is 9.68. The molecule has 0 fully saturated rings. The van der Waals surface area contributed by atoms with Crippen molar-refractivity contribution in [2.24, 2.45) is 5.73 Å². The molecule has 0 aliphatic rings. The zero-order valence-electron chi connectivity index (χ0n) is 10.7. The molecule has 0 radical (unpaired) electrons. The van der Waals surface area contributed by atoms with Gasteiger partial charge in [0.15, 0.2) is 6.73 Å². The van der Waals surface area contributed by atoms with Crippen LogP contribution in [-0.4, -0.2) is 18.5 Å². The third kappa shape index (κ3) is 3.35. The first kappa shape index (κ1) is 13.6. The summed E-state index contributed by atoms with van der Waals surface area (Å²) in [6.07, 6.45) is 0. The Kier molecular flexibility index (Phi) is 4.34. The van der Waals surface area contributed by atoms with Crippen LogP contribution in [0.15, 0.2) is 54.6 Å². The maximum absolute atomic E-state index is 11.8. The molecule has 102 valence electrons. The highest BCUT2D eigenvalue weighted by Crippen LogP contribution is 2.16. The minimum absolute atomic E-state index is 0.0436. The van der Waals surface area contributed by atoms with Gasteiger partial charge in [-0.3, -0.25) is 9.59 Å². The van der Waals surface area contributed by atoms with E-state index in [1.165, 1.54) is 0 Å². The van der Waals surface area contributed by atoms with Crippen LogP contribution in [0.3, 0.4) is 0 Å². The molecule has 0 heterocycles. The molecule has 0 saturated carbocycles. The van der Waals surface area contributed by atoms with Gasteiger partial charge >= 0.3 is 0 Å². The molecule has 0 bridgehead atoms. The zero-order valence-corrected chi connectivity index (χ0v) is 10.7. The van der Waals surface area contributed by atoms with Crippen molar-refractivity contribution < 1.29 is 14.3 Å². The van der Waals surface area contributed by atoms with Gasteiger partial charge < -0.3 is 15.8 Å². The first-order valence-electron chi connectivity index (χ1n) is 6.03. The van der Waals surface area contributed by atoms with Gasteiger partial charge in [-0.05, 0) is 24.3 Å². The van der Waals surface area contributed by atoms with Crippen LogP contribution in [0.5, 0.6) is 5.75 Å². The lowest BCUT2D eigenvalue weighted by molar-refractivity contribution is 0.0918. The Morgan fingerprint density at radius 3 is 2.35 bits per heavy atom. The number of nitrogens with two attached hydrogens (primary N) is 1. The molecule has 0 spiro atoms. The number of benzene rings is 2. The predicted molar refractivity (Wildman–Crippen MR) is 74.4 cm³/mol. The molecule has 2 aromatic rings. The van der Waals surface area contributed by atoms with Crippen molar-refractivity contribution in [2.45, 2.75) is 0 Å². The molecular weight excluding hydrogens is 256 g/mol. The molecule has 0 atom stereocenters. The molecule has 0 aliphatic carbocycles. The molecular formula is C15H14N2O3. The zero-order chi connectivity index (χ0) is 14.4. The first-order valence-corrected chi connectivity index (χ1v) is 6.03. The summed E-state index contributed by atoms with van der Waals surface area (Å²) in [6.45, 7) is -0.0436. The van der Waals surface area contributed by atoms with Crippen LogP contribution in [0, 0.1) is 0 Å². The van der Waals surface area contributed by atoms with Crippen molar-refractivity contribution in [2.75, 3.05) is 6.73 Å². The standard InChI is InChI=1S/C15H14N2O3/c16-14(18)12-8-4-5-9-13(12)20-10-17-15(19)11-6-2-1-3-7-11/h1-9H,10H2,(H2,16,18)(H,17,19). The normalized spacial score (nSPS) is 9.80. The lowest BCUT2D eigenvalue weighted by Gasteiger charge is -2.10. The fourth-order valence-corrected chi connectivity index (χ4v) is 1.67. The van der Waals surface area contributed by atoms with E-state index in [2.05, 4.69) is 5.32 Å². The Hall–Kier alpha value is -2.82. The highest BCUT2D eigenvalue weighted by Gasteiger charge is 2.09. The number of para-hydroxylation sites is 1. The van der Waals surface area contributed by atoms with Gasteiger partial charge in [-0.1, -0.05) is 30.3 Å². The van der Waals surface area contributed by atoms with Crippen LogP contribution in [0.4, 0.5) is 0 Å². The molecule has 0 unspecified atom stereocenters.